The SMILES string of the molecule is NC(CC(=O)O)c1cccc2n[nH]c(Cl)c12. The van der Waals surface area contributed by atoms with Crippen LogP contribution in [0, 0.1) is 0 Å². The molecule has 0 saturated carbocycles. The Hall–Kier alpha value is -1.59. The second-order valence-corrected chi connectivity index (χ2v) is 3.86. The van der Waals surface area contributed by atoms with Gasteiger partial charge >= 0.3 is 5.97 Å². The lowest BCUT2D eigenvalue weighted by Crippen LogP contribution is -2.15. The summed E-state index contributed by atoms with van der Waals surface area (Å²) in [4.78, 5) is 10.6. The minimum atomic E-state index is -0.941. The van der Waals surface area contributed by atoms with Crippen molar-refractivity contribution in [2.75, 3.05) is 0 Å². The van der Waals surface area contributed by atoms with Gasteiger partial charge in [0.05, 0.1) is 11.9 Å². The number of rotatable bonds is 3. The van der Waals surface area contributed by atoms with Crippen LogP contribution in [0.3, 0.4) is 0 Å². The number of hydrogen-bond acceptors (Lipinski definition) is 3. The lowest BCUT2D eigenvalue weighted by atomic mass is 10.0. The van der Waals surface area contributed by atoms with Crippen molar-refractivity contribution in [2.24, 2.45) is 5.73 Å². The van der Waals surface area contributed by atoms with Crippen LogP contribution in [0.15, 0.2) is 18.2 Å². The van der Waals surface area contributed by atoms with E-state index in [0.29, 0.717) is 21.6 Å². The number of nitrogens with zero attached hydrogens (tertiary/aromatic N) is 1. The van der Waals surface area contributed by atoms with E-state index in [4.69, 9.17) is 22.4 Å². The van der Waals surface area contributed by atoms with Gasteiger partial charge in [-0.1, -0.05) is 23.7 Å². The number of nitrogens with two attached hydrogens (primary N) is 1. The molecule has 0 fully saturated rings. The first-order valence-electron chi connectivity index (χ1n) is 4.69. The van der Waals surface area contributed by atoms with E-state index in [1.54, 1.807) is 18.2 Å². The van der Waals surface area contributed by atoms with Gasteiger partial charge in [-0.25, -0.2) is 0 Å². The number of fused-ring (bicyclic) bond motifs is 1. The van der Waals surface area contributed by atoms with Crippen molar-refractivity contribution in [1.29, 1.82) is 0 Å². The van der Waals surface area contributed by atoms with E-state index < -0.39 is 12.0 Å². The molecule has 0 amide bonds. The van der Waals surface area contributed by atoms with Gasteiger partial charge in [0.2, 0.25) is 0 Å². The zero-order valence-electron chi connectivity index (χ0n) is 8.27. The van der Waals surface area contributed by atoms with Gasteiger partial charge in [0, 0.05) is 11.4 Å². The zero-order valence-corrected chi connectivity index (χ0v) is 9.03. The zero-order chi connectivity index (χ0) is 11.7. The molecule has 0 aliphatic heterocycles. The predicted molar refractivity (Wildman–Crippen MR) is 60.3 cm³/mol. The molecular formula is C10H10ClN3O2. The molecule has 6 heteroatoms. The molecule has 0 saturated heterocycles. The van der Waals surface area contributed by atoms with Crippen LogP contribution in [-0.4, -0.2) is 21.3 Å². The first-order valence-corrected chi connectivity index (χ1v) is 5.07. The summed E-state index contributed by atoms with van der Waals surface area (Å²) in [6.07, 6.45) is -0.138. The first kappa shape index (κ1) is 10.9. The molecule has 0 aliphatic rings. The molecule has 0 aliphatic carbocycles. The van der Waals surface area contributed by atoms with E-state index in [2.05, 4.69) is 10.2 Å². The summed E-state index contributed by atoms with van der Waals surface area (Å²) in [6, 6.07) is 4.74. The molecule has 4 N–H and O–H groups in total. The van der Waals surface area contributed by atoms with Crippen molar-refractivity contribution in [2.45, 2.75) is 12.5 Å². The van der Waals surface area contributed by atoms with Gasteiger partial charge in [0.1, 0.15) is 5.15 Å². The summed E-state index contributed by atoms with van der Waals surface area (Å²) in [7, 11) is 0. The number of aliphatic carboxylic acids is 1. The molecule has 2 rings (SSSR count). The fraction of sp³-hybridized carbons (Fsp3) is 0.200. The first-order chi connectivity index (χ1) is 7.59. The van der Waals surface area contributed by atoms with Gasteiger partial charge in [-0.15, -0.1) is 0 Å². The number of aromatic nitrogens is 2. The highest BCUT2D eigenvalue weighted by Gasteiger charge is 2.16. The van der Waals surface area contributed by atoms with Crippen LogP contribution in [0.25, 0.3) is 10.9 Å². The van der Waals surface area contributed by atoms with Crippen molar-refractivity contribution in [3.05, 3.63) is 28.9 Å². The minimum Gasteiger partial charge on any atom is -0.481 e. The lowest BCUT2D eigenvalue weighted by molar-refractivity contribution is -0.137. The summed E-state index contributed by atoms with van der Waals surface area (Å²) < 4.78 is 0. The standard InChI is InChI=1S/C10H10ClN3O2/c11-10-9-5(6(12)4-8(15)16)2-1-3-7(9)13-14-10/h1-3,6H,4,12H2,(H,13,14)(H,15,16). The van der Waals surface area contributed by atoms with Crippen molar-refractivity contribution >= 4 is 28.5 Å². The van der Waals surface area contributed by atoms with Gasteiger partial charge in [-0.3, -0.25) is 9.89 Å². The molecule has 0 radical (unpaired) electrons. The molecule has 2 aromatic rings. The lowest BCUT2D eigenvalue weighted by Gasteiger charge is -2.10. The Labute approximate surface area is 96.2 Å². The van der Waals surface area contributed by atoms with Gasteiger partial charge in [-0.05, 0) is 11.6 Å². The second kappa shape index (κ2) is 4.11. The third kappa shape index (κ3) is 1.87. The van der Waals surface area contributed by atoms with E-state index in [-0.39, 0.29) is 6.42 Å². The van der Waals surface area contributed by atoms with Crippen LogP contribution in [0.2, 0.25) is 5.15 Å². The highest BCUT2D eigenvalue weighted by atomic mass is 35.5. The Bertz CT molecular complexity index is 538. The van der Waals surface area contributed by atoms with E-state index >= 15 is 0 Å². The molecule has 1 atom stereocenters. The number of hydrogen-bond donors (Lipinski definition) is 3. The Morgan fingerprint density at radius 1 is 1.62 bits per heavy atom. The second-order valence-electron chi connectivity index (χ2n) is 3.48. The molecule has 1 aromatic carbocycles. The summed E-state index contributed by atoms with van der Waals surface area (Å²) >= 11 is 5.94. The summed E-state index contributed by atoms with van der Waals surface area (Å²) in [5.74, 6) is -0.941. The Balaban J connectivity index is 2.50. The van der Waals surface area contributed by atoms with Gasteiger partial charge in [0.25, 0.3) is 0 Å². The number of aromatic amines is 1. The Morgan fingerprint density at radius 3 is 3.06 bits per heavy atom. The van der Waals surface area contributed by atoms with Crippen LogP contribution in [0.1, 0.15) is 18.0 Å². The summed E-state index contributed by atoms with van der Waals surface area (Å²) in [5, 5.41) is 16.4. The average molecular weight is 240 g/mol. The fourth-order valence-corrected chi connectivity index (χ4v) is 1.91. The maximum atomic E-state index is 10.6. The number of nitrogens with one attached hydrogen (secondary N) is 1. The molecule has 16 heavy (non-hydrogen) atoms. The number of benzene rings is 1. The van der Waals surface area contributed by atoms with Crippen LogP contribution in [0.5, 0.6) is 0 Å². The Morgan fingerprint density at radius 2 is 2.38 bits per heavy atom. The normalized spacial score (nSPS) is 12.9. The summed E-state index contributed by atoms with van der Waals surface area (Å²) in [6.45, 7) is 0. The Kier molecular flexibility index (Phi) is 2.80. The number of carbonyl (C=O) groups is 1. The average Bonchev–Trinajstić information content (AvgIpc) is 2.59. The van der Waals surface area contributed by atoms with Crippen LogP contribution >= 0.6 is 11.6 Å². The van der Waals surface area contributed by atoms with Crippen molar-refractivity contribution in [3.63, 3.8) is 0 Å². The third-order valence-corrected chi connectivity index (χ3v) is 2.64. The molecule has 0 bridgehead atoms. The molecular weight excluding hydrogens is 230 g/mol. The quantitative estimate of drug-likeness (QED) is 0.760. The van der Waals surface area contributed by atoms with E-state index in [0.717, 1.165) is 0 Å². The molecule has 5 nitrogen and oxygen atoms in total. The van der Waals surface area contributed by atoms with Crippen LogP contribution in [-0.2, 0) is 4.79 Å². The molecule has 1 aromatic heterocycles. The van der Waals surface area contributed by atoms with Crippen molar-refractivity contribution in [1.82, 2.24) is 10.2 Å². The van der Waals surface area contributed by atoms with Gasteiger partial charge < -0.3 is 10.8 Å². The van der Waals surface area contributed by atoms with E-state index in [1.807, 2.05) is 0 Å². The number of carboxylic acids is 1. The monoisotopic (exact) mass is 239 g/mol. The van der Waals surface area contributed by atoms with Crippen LogP contribution in [0.4, 0.5) is 0 Å². The van der Waals surface area contributed by atoms with Crippen molar-refractivity contribution < 1.29 is 9.90 Å². The van der Waals surface area contributed by atoms with E-state index in [9.17, 15) is 4.79 Å². The fourth-order valence-electron chi connectivity index (χ4n) is 1.66. The maximum absolute atomic E-state index is 10.6. The molecule has 0 spiro atoms. The van der Waals surface area contributed by atoms with Gasteiger partial charge in [0.15, 0.2) is 0 Å². The highest BCUT2D eigenvalue weighted by molar-refractivity contribution is 6.34. The summed E-state index contributed by atoms with van der Waals surface area (Å²) in [5.41, 5.74) is 7.19. The third-order valence-electron chi connectivity index (χ3n) is 2.36. The topological polar surface area (TPSA) is 92.0 Å². The van der Waals surface area contributed by atoms with Crippen LogP contribution < -0.4 is 5.73 Å². The predicted octanol–water partition coefficient (Wildman–Crippen LogP) is 1.69. The van der Waals surface area contributed by atoms with Crippen molar-refractivity contribution in [3.8, 4) is 0 Å². The van der Waals surface area contributed by atoms with Gasteiger partial charge in [-0.2, -0.15) is 5.10 Å². The molecule has 1 heterocycles. The number of H-pyrrole nitrogens is 1. The minimum absolute atomic E-state index is 0.138. The number of carboxylic acid groups (broad SMARTS) is 1. The van der Waals surface area contributed by atoms with E-state index in [1.165, 1.54) is 0 Å². The largest absolute Gasteiger partial charge is 0.481 e. The number of halogens is 1. The maximum Gasteiger partial charge on any atom is 0.305 e. The smallest absolute Gasteiger partial charge is 0.305 e. The molecule has 1 unspecified atom stereocenters. The highest BCUT2D eigenvalue weighted by Crippen LogP contribution is 2.28. The molecule has 84 valence electrons.